The van der Waals surface area contributed by atoms with Crippen molar-refractivity contribution in [2.75, 3.05) is 48.3 Å². The predicted molar refractivity (Wildman–Crippen MR) is 450 cm³/mol. The number of nitrogens with two attached hydrogens (primary N) is 1. The van der Waals surface area contributed by atoms with E-state index in [1.807, 2.05) is 0 Å². The van der Waals surface area contributed by atoms with Gasteiger partial charge in [-0.3, -0.25) is 38.4 Å². The van der Waals surface area contributed by atoms with Gasteiger partial charge in [0.1, 0.15) is 75.9 Å². The normalized spacial score (nSPS) is 11.2. The monoisotopic (exact) mass is 2150 g/mol. The fourth-order valence-electron chi connectivity index (χ4n) is 11.9. The van der Waals surface area contributed by atoms with Gasteiger partial charge < -0.3 is 98.9 Å². The summed E-state index contributed by atoms with van der Waals surface area (Å²) in [6.07, 6.45) is 0. The minimum absolute atomic E-state index is 0. The number of fused-ring (bicyclic) bond motifs is 3. The zero-order chi connectivity index (χ0) is 93.8. The van der Waals surface area contributed by atoms with Crippen LogP contribution in [-0.2, 0) is 94.5 Å². The van der Waals surface area contributed by atoms with E-state index in [1.54, 1.807) is 39.0 Å². The molecule has 0 fully saturated rings. The van der Waals surface area contributed by atoms with Gasteiger partial charge >= 0.3 is 283 Å². The molecule has 676 valence electrons. The molecule has 0 spiro atoms. The van der Waals surface area contributed by atoms with Gasteiger partial charge in [0, 0.05) is 94.7 Å². The van der Waals surface area contributed by atoms with Crippen LogP contribution in [0.4, 0.5) is 56.0 Å². The summed E-state index contributed by atoms with van der Waals surface area (Å²) >= 11 is -9.02. The first kappa shape index (κ1) is 133. The van der Waals surface area contributed by atoms with E-state index in [1.165, 1.54) is 133 Å². The molecule has 0 radical (unpaired) electrons. The third-order valence-corrected chi connectivity index (χ3v) is 22.5. The Kier molecular flexibility index (Phi) is 57.4. The Bertz CT molecular complexity index is 7330. The Hall–Kier alpha value is -4.51. The topological polar surface area (TPSA) is 739 Å². The van der Waals surface area contributed by atoms with Crippen LogP contribution < -0.4 is 332 Å². The standard InChI is InChI=1S/C51H39N6O20S5.C25H21N3O11S3.9Na.O3S.H2O/c1-26-12-14-30(49(60)54-37-16-18-41(74-79(64)65)35-10-5-11-43(45(35)37)78-77-76-63)22-39(26)56-47(58)28-6-3-8-32(20-28)52-51(62)53-33-9-4-7-29(21-33)48(59)57-40-23-31(15-13-27(40)2)50(61)55-38-17-19-42(75-80(66)67)36-24-34(81(68,69)70)25-44(46(36)38)82(71,72)73;1-13-5-6-15(10-20(13)28-24(29)14-3-2-4-16(26)9-14)25(30)27-19-7-8-21(39-40(31)32)18-11-17(41(33,34)35)12-22(23(18)19)42(36,37)38;;;;;;;;;;1-4(2)3;/h3-4,6-25,63H,1-2H3,(H,54,60)(H,55,61)(H,56,58)(H,57,59)(H,64,65)(H,66,67)(H2,52,53,62)(H,68,69,70)(H,71,72,73);2-12H,26H2,1H3,(H,27,30)(H,28,29)(H,31,32)(H,33,34,35)(H,36,37,38);;;;;;;;;;;1H2/q-1;;9*+1;;/p-8. The number of hydrogen-bond acceptors (Lipinski definition) is 36. The van der Waals surface area contributed by atoms with Crippen molar-refractivity contribution in [3.8, 4) is 17.2 Å². The number of nitrogen functional groups attached to an aromatic ring is 1. The Morgan fingerprint density at radius 2 is 0.688 bits per heavy atom. The molecule has 0 aliphatic rings. The molecule has 0 saturated carbocycles. The van der Waals surface area contributed by atoms with Crippen molar-refractivity contribution in [3.05, 3.63) is 256 Å². The number of carbonyl (C=O) groups is 7. The summed E-state index contributed by atoms with van der Waals surface area (Å²) in [5.41, 5.74) is 8.23. The van der Waals surface area contributed by atoms with Gasteiger partial charge in [0.15, 0.2) is 0 Å². The van der Waals surface area contributed by atoms with Gasteiger partial charge in [0.05, 0.1) is 36.7 Å². The maximum atomic E-state index is 13.7. The molecule has 138 heavy (non-hydrogen) atoms. The molecule has 44 nitrogen and oxygen atoms in total. The number of carbonyl (C=O) groups excluding carboxylic acids is 7. The second-order valence-corrected chi connectivity index (χ2v) is 34.3. The van der Waals surface area contributed by atoms with E-state index in [0.29, 0.717) is 52.6 Å². The molecule has 0 aliphatic heterocycles. The zero-order valence-electron chi connectivity index (χ0n) is 73.7. The van der Waals surface area contributed by atoms with Crippen LogP contribution in [0.15, 0.2) is 225 Å². The van der Waals surface area contributed by atoms with Crippen molar-refractivity contribution in [1.29, 1.82) is 0 Å². The SMILES string of the molecule is Cc1ccc(C(=O)Nc2ccc(OS(=O)[O-])c3c[c-]cc(SOO[O-])c23)cc1NC(=O)c1cccc(NC(=O)Nc2cccc(C(=O)Nc3cc(C(=O)Nc4ccc(OS(=O)[O-])c5cc(S(=O)(=O)[O-])cc(S(=O)(=O)[O-])c45)ccc3C)c2)c1.Cc1ccc(C(=O)Nc2ccc(OS(=O)[O-])c3cc(S(=O)(=O)O)cc(S(=O)(=O)[O-])c23)cc1NC(=O)c1cccc(N)c1.O=S(=O)=O.[Na+].[Na+].[Na+].[Na+].[Na+].[Na+].[Na+].[Na+].[Na+].[OH-]. The van der Waals surface area contributed by atoms with E-state index in [9.17, 15) is 117 Å². The molecule has 0 heterocycles. The second-order valence-electron chi connectivity index (χ2n) is 25.9. The van der Waals surface area contributed by atoms with E-state index in [0.717, 1.165) is 24.3 Å². The smallest absolute Gasteiger partial charge is 0.870 e. The summed E-state index contributed by atoms with van der Waals surface area (Å²) in [5, 5.41) is 32.8. The number of hydrogen-bond donors (Lipinski definition) is 10. The Morgan fingerprint density at radius 3 is 1.01 bits per heavy atom. The molecule has 3 unspecified atom stereocenters. The van der Waals surface area contributed by atoms with E-state index < -0.39 is 185 Å². The van der Waals surface area contributed by atoms with Gasteiger partial charge in [-0.15, -0.1) is 12.6 Å². The van der Waals surface area contributed by atoms with E-state index in [2.05, 4.69) is 66.3 Å². The van der Waals surface area contributed by atoms with Crippen LogP contribution in [0, 0.1) is 26.8 Å². The van der Waals surface area contributed by atoms with Crippen LogP contribution in [0.3, 0.4) is 0 Å². The number of nitrogens with one attached hydrogen (secondary N) is 8. The van der Waals surface area contributed by atoms with Crippen LogP contribution in [0.5, 0.6) is 17.2 Å². The molecular weight excluding hydrogens is 2090 g/mol. The first-order valence-electron chi connectivity index (χ1n) is 34.7. The molecule has 12 N–H and O–H groups in total. The van der Waals surface area contributed by atoms with E-state index in [4.69, 9.17) is 22.5 Å². The van der Waals surface area contributed by atoms with E-state index >= 15 is 0 Å². The van der Waals surface area contributed by atoms with E-state index in [-0.39, 0.29) is 372 Å². The first-order chi connectivity index (χ1) is 60.1. The van der Waals surface area contributed by atoms with Crippen LogP contribution in [0.2, 0.25) is 0 Å². The van der Waals surface area contributed by atoms with Crippen molar-refractivity contribution < 1.29 is 423 Å². The van der Waals surface area contributed by atoms with Gasteiger partial charge in [0.2, 0.25) is 0 Å². The molecule has 0 aliphatic carbocycles. The molecule has 12 aromatic carbocycles. The molecular formula is C76H54N9Na9O35S9. The van der Waals surface area contributed by atoms with Crippen LogP contribution in [0.25, 0.3) is 32.3 Å². The van der Waals surface area contributed by atoms with Gasteiger partial charge in [-0.05, 0) is 201 Å². The van der Waals surface area contributed by atoms with Gasteiger partial charge in [0.25, 0.3) is 45.6 Å². The minimum Gasteiger partial charge on any atom is -0.870 e. The quantitative estimate of drug-likeness (QED) is 0.00334. The largest absolute Gasteiger partial charge is 1.00 e. The molecule has 3 atom stereocenters. The molecule has 0 saturated heterocycles. The Labute approximate surface area is 996 Å². The predicted octanol–water partition coefficient (Wildman–Crippen LogP) is -19.1. The van der Waals surface area contributed by atoms with Crippen LogP contribution >= 0.6 is 12.0 Å². The van der Waals surface area contributed by atoms with Crippen molar-refractivity contribution >= 4 is 222 Å². The maximum absolute atomic E-state index is 13.7. The summed E-state index contributed by atoms with van der Waals surface area (Å²) in [7, 11) is -24.7. The summed E-state index contributed by atoms with van der Waals surface area (Å²) in [4.78, 5) is 89.2. The molecule has 62 heteroatoms. The first-order valence-corrected chi connectivity index (χ1v) is 45.1. The number of benzene rings is 12. The average molecular weight is 2150 g/mol. The minimum atomic E-state index is -5.62. The van der Waals surface area contributed by atoms with Crippen LogP contribution in [0.1, 0.15) is 78.8 Å². The summed E-state index contributed by atoms with van der Waals surface area (Å²) in [5.74, 6) is -5.75. The Balaban J connectivity index is 0.00000285. The molecule has 12 aromatic rings. The molecule has 12 rings (SSSR count). The van der Waals surface area contributed by atoms with Crippen molar-refractivity contribution in [1.82, 2.24) is 0 Å². The van der Waals surface area contributed by atoms with Crippen LogP contribution in [-0.4, -0.2) is 138 Å². The second kappa shape index (κ2) is 59.3. The average Bonchev–Trinajstić information content (AvgIpc) is 0.749. The number of aryl methyl sites for hydroxylation is 3. The number of urea groups is 1. The number of anilines is 9. The van der Waals surface area contributed by atoms with Crippen molar-refractivity contribution in [2.24, 2.45) is 0 Å². The zero-order valence-corrected chi connectivity index (χ0v) is 99.0. The molecule has 0 bridgehead atoms. The molecule has 0 aromatic heterocycles. The maximum Gasteiger partial charge on any atom is 1.00 e. The fraction of sp³-hybridized carbons (Fsp3) is 0.0395. The molecule has 8 amide bonds. The third-order valence-electron chi connectivity index (χ3n) is 17.6. The van der Waals surface area contributed by atoms with Gasteiger partial charge in [-0.1, -0.05) is 52.1 Å². The fourth-order valence-corrected chi connectivity index (χ4v) is 16.0. The number of rotatable bonds is 27. The number of amides is 8. The Morgan fingerprint density at radius 1 is 0.377 bits per heavy atom. The summed E-state index contributed by atoms with van der Waals surface area (Å²) < 4.78 is 254. The summed E-state index contributed by atoms with van der Waals surface area (Å²) in [6.45, 7) is 4.94. The van der Waals surface area contributed by atoms with Gasteiger partial charge in [-0.2, -0.15) is 31.0 Å². The van der Waals surface area contributed by atoms with Crippen molar-refractivity contribution in [3.63, 3.8) is 0 Å². The summed E-state index contributed by atoms with van der Waals surface area (Å²) in [6, 6.07) is 43.6. The van der Waals surface area contributed by atoms with Crippen molar-refractivity contribution in [2.45, 2.75) is 45.2 Å². The third kappa shape index (κ3) is 37.2. The van der Waals surface area contributed by atoms with Gasteiger partial charge in [-0.25, -0.2) is 42.7 Å².